The van der Waals surface area contributed by atoms with Crippen molar-refractivity contribution in [1.29, 1.82) is 0 Å². The molecule has 0 radical (unpaired) electrons. The summed E-state index contributed by atoms with van der Waals surface area (Å²) in [6.45, 7) is 4.40. The number of nitrogens with zero attached hydrogens (tertiary/aromatic N) is 1. The molecule has 116 valence electrons. The van der Waals surface area contributed by atoms with Crippen LogP contribution in [0.15, 0.2) is 24.3 Å². The van der Waals surface area contributed by atoms with Crippen LogP contribution >= 0.6 is 0 Å². The number of aryl methyl sites for hydroxylation is 1. The molecule has 0 bridgehead atoms. The maximum Gasteiger partial charge on any atom is 0.222 e. The van der Waals surface area contributed by atoms with Crippen LogP contribution in [0.5, 0.6) is 5.75 Å². The number of ether oxygens (including phenoxy) is 1. The second kappa shape index (κ2) is 8.03. The molecule has 1 unspecified atom stereocenters. The molecule has 1 saturated heterocycles. The van der Waals surface area contributed by atoms with E-state index < -0.39 is 0 Å². The average Bonchev–Trinajstić information content (AvgIpc) is 2.54. The topological polar surface area (TPSA) is 41.6 Å². The number of likely N-dealkylation sites (N-methyl/N-ethyl adjacent to an activating group) is 1. The molecule has 0 spiro atoms. The molecule has 0 aliphatic carbocycles. The van der Waals surface area contributed by atoms with Crippen molar-refractivity contribution in [3.8, 4) is 5.75 Å². The van der Waals surface area contributed by atoms with Gasteiger partial charge in [0.15, 0.2) is 0 Å². The summed E-state index contributed by atoms with van der Waals surface area (Å²) in [5.41, 5.74) is 1.19. The van der Waals surface area contributed by atoms with Crippen LogP contribution in [-0.2, 0) is 11.2 Å². The minimum Gasteiger partial charge on any atom is -0.494 e. The fourth-order valence-corrected chi connectivity index (χ4v) is 2.77. The molecule has 4 heteroatoms. The molecule has 21 heavy (non-hydrogen) atoms. The molecule has 4 nitrogen and oxygen atoms in total. The summed E-state index contributed by atoms with van der Waals surface area (Å²) in [5.74, 6) is 1.16. The monoisotopic (exact) mass is 290 g/mol. The maximum absolute atomic E-state index is 12.3. The third-order valence-corrected chi connectivity index (χ3v) is 4.04. The normalized spacial score (nSPS) is 18.6. The van der Waals surface area contributed by atoms with E-state index in [0.717, 1.165) is 31.7 Å². The molecule has 1 heterocycles. The highest BCUT2D eigenvalue weighted by molar-refractivity contribution is 5.76. The van der Waals surface area contributed by atoms with Gasteiger partial charge in [0.2, 0.25) is 5.91 Å². The maximum atomic E-state index is 12.3. The van der Waals surface area contributed by atoms with E-state index in [0.29, 0.717) is 19.1 Å². The van der Waals surface area contributed by atoms with Crippen LogP contribution < -0.4 is 10.1 Å². The van der Waals surface area contributed by atoms with Gasteiger partial charge in [-0.2, -0.15) is 0 Å². The third kappa shape index (κ3) is 4.74. The van der Waals surface area contributed by atoms with E-state index in [2.05, 4.69) is 5.32 Å². The largest absolute Gasteiger partial charge is 0.494 e. The highest BCUT2D eigenvalue weighted by Gasteiger charge is 2.21. The lowest BCUT2D eigenvalue weighted by Gasteiger charge is -2.32. The first-order chi connectivity index (χ1) is 10.2. The fourth-order valence-electron chi connectivity index (χ4n) is 2.77. The standard InChI is InChI=1S/C17H26N2O2/c1-3-21-16-9-6-14(7-10-16)8-11-17(20)19-12-4-5-15(13-19)18-2/h6-7,9-10,15,18H,3-5,8,11-13H2,1-2H3. The van der Waals surface area contributed by atoms with Gasteiger partial charge in [-0.15, -0.1) is 0 Å². The van der Waals surface area contributed by atoms with Crippen LogP contribution in [0.3, 0.4) is 0 Å². The zero-order chi connectivity index (χ0) is 15.1. The molecule has 1 fully saturated rings. The van der Waals surface area contributed by atoms with E-state index in [1.807, 2.05) is 43.1 Å². The zero-order valence-electron chi connectivity index (χ0n) is 13.1. The van der Waals surface area contributed by atoms with E-state index in [4.69, 9.17) is 4.74 Å². The molecule has 1 aliphatic rings. The van der Waals surface area contributed by atoms with E-state index >= 15 is 0 Å². The summed E-state index contributed by atoms with van der Waals surface area (Å²) >= 11 is 0. The van der Waals surface area contributed by atoms with Gasteiger partial charge in [-0.3, -0.25) is 4.79 Å². The van der Waals surface area contributed by atoms with Crippen molar-refractivity contribution in [2.75, 3.05) is 26.7 Å². The third-order valence-electron chi connectivity index (χ3n) is 4.04. The SMILES string of the molecule is CCOc1ccc(CCC(=O)N2CCCC(NC)C2)cc1. The van der Waals surface area contributed by atoms with Crippen LogP contribution in [0.25, 0.3) is 0 Å². The lowest BCUT2D eigenvalue weighted by atomic mass is 10.0. The summed E-state index contributed by atoms with van der Waals surface area (Å²) in [6.07, 6.45) is 3.65. The molecule has 1 aromatic carbocycles. The number of benzene rings is 1. The van der Waals surface area contributed by atoms with Gasteiger partial charge in [0, 0.05) is 25.6 Å². The number of hydrogen-bond acceptors (Lipinski definition) is 3. The smallest absolute Gasteiger partial charge is 0.222 e. The number of piperidine rings is 1. The Kier molecular flexibility index (Phi) is 6.05. The molecule has 1 N–H and O–H groups in total. The summed E-state index contributed by atoms with van der Waals surface area (Å²) in [4.78, 5) is 14.3. The number of nitrogens with one attached hydrogen (secondary N) is 1. The molecular formula is C17H26N2O2. The Hall–Kier alpha value is -1.55. The van der Waals surface area contributed by atoms with Gasteiger partial charge in [-0.1, -0.05) is 12.1 Å². The Morgan fingerprint density at radius 1 is 1.38 bits per heavy atom. The van der Waals surface area contributed by atoms with Gasteiger partial charge in [0.05, 0.1) is 6.61 Å². The van der Waals surface area contributed by atoms with E-state index in [9.17, 15) is 4.79 Å². The predicted molar refractivity (Wildman–Crippen MR) is 84.6 cm³/mol. The molecule has 0 saturated carbocycles. The number of likely N-dealkylation sites (tertiary alicyclic amines) is 1. The highest BCUT2D eigenvalue weighted by atomic mass is 16.5. The number of hydrogen-bond donors (Lipinski definition) is 1. The fraction of sp³-hybridized carbons (Fsp3) is 0.588. The minimum atomic E-state index is 0.267. The van der Waals surface area contributed by atoms with Crippen molar-refractivity contribution in [3.63, 3.8) is 0 Å². The Balaban J connectivity index is 1.80. The van der Waals surface area contributed by atoms with Gasteiger partial charge in [-0.25, -0.2) is 0 Å². The molecular weight excluding hydrogens is 264 g/mol. The minimum absolute atomic E-state index is 0.267. The molecule has 0 aromatic heterocycles. The average molecular weight is 290 g/mol. The summed E-state index contributed by atoms with van der Waals surface area (Å²) in [7, 11) is 1.97. The first-order valence-electron chi connectivity index (χ1n) is 7.89. The van der Waals surface area contributed by atoms with E-state index in [-0.39, 0.29) is 5.91 Å². The molecule has 2 rings (SSSR count). The second-order valence-electron chi connectivity index (χ2n) is 5.54. The van der Waals surface area contributed by atoms with Crippen LogP contribution in [0.4, 0.5) is 0 Å². The quantitative estimate of drug-likeness (QED) is 0.873. The number of carbonyl (C=O) groups is 1. The van der Waals surface area contributed by atoms with Crippen LogP contribution in [0.2, 0.25) is 0 Å². The first-order valence-corrected chi connectivity index (χ1v) is 7.89. The molecule has 1 atom stereocenters. The molecule has 1 aromatic rings. The van der Waals surface area contributed by atoms with Crippen molar-refractivity contribution in [2.45, 2.75) is 38.6 Å². The lowest BCUT2D eigenvalue weighted by molar-refractivity contribution is -0.132. The number of rotatable bonds is 6. The highest BCUT2D eigenvalue weighted by Crippen LogP contribution is 2.15. The van der Waals surface area contributed by atoms with Gasteiger partial charge in [0.1, 0.15) is 5.75 Å². The van der Waals surface area contributed by atoms with Crippen molar-refractivity contribution in [2.24, 2.45) is 0 Å². The molecule has 1 aliphatic heterocycles. The van der Waals surface area contributed by atoms with Crippen LogP contribution in [0.1, 0.15) is 31.7 Å². The number of carbonyl (C=O) groups excluding carboxylic acids is 1. The Morgan fingerprint density at radius 3 is 2.81 bits per heavy atom. The van der Waals surface area contributed by atoms with Gasteiger partial charge >= 0.3 is 0 Å². The zero-order valence-corrected chi connectivity index (χ0v) is 13.1. The van der Waals surface area contributed by atoms with Crippen LogP contribution in [0, 0.1) is 0 Å². The summed E-state index contributed by atoms with van der Waals surface area (Å²) in [5, 5.41) is 3.27. The van der Waals surface area contributed by atoms with Crippen molar-refractivity contribution < 1.29 is 9.53 Å². The number of amides is 1. The van der Waals surface area contributed by atoms with Crippen molar-refractivity contribution in [3.05, 3.63) is 29.8 Å². The molecule has 1 amide bonds. The lowest BCUT2D eigenvalue weighted by Crippen LogP contribution is -2.47. The van der Waals surface area contributed by atoms with Gasteiger partial charge in [0.25, 0.3) is 0 Å². The summed E-state index contributed by atoms with van der Waals surface area (Å²) < 4.78 is 5.42. The van der Waals surface area contributed by atoms with Gasteiger partial charge in [-0.05, 0) is 50.9 Å². The van der Waals surface area contributed by atoms with Gasteiger partial charge < -0.3 is 15.0 Å². The van der Waals surface area contributed by atoms with Crippen LogP contribution in [-0.4, -0.2) is 43.6 Å². The predicted octanol–water partition coefficient (Wildman–Crippen LogP) is 2.23. The van der Waals surface area contributed by atoms with Crippen molar-refractivity contribution in [1.82, 2.24) is 10.2 Å². The Bertz CT molecular complexity index is 445. The first kappa shape index (κ1) is 15.8. The Morgan fingerprint density at radius 2 is 2.14 bits per heavy atom. The van der Waals surface area contributed by atoms with E-state index in [1.54, 1.807) is 0 Å². The van der Waals surface area contributed by atoms with Crippen molar-refractivity contribution >= 4 is 5.91 Å². The Labute approximate surface area is 127 Å². The van der Waals surface area contributed by atoms with E-state index in [1.165, 1.54) is 12.0 Å². The second-order valence-corrected chi connectivity index (χ2v) is 5.54. The summed E-state index contributed by atoms with van der Waals surface area (Å²) in [6, 6.07) is 8.49.